The highest BCUT2D eigenvalue weighted by molar-refractivity contribution is 7.94. The van der Waals surface area contributed by atoms with Gasteiger partial charge in [-0.15, -0.1) is 0 Å². The zero-order valence-corrected chi connectivity index (χ0v) is 16.6. The summed E-state index contributed by atoms with van der Waals surface area (Å²) in [6.07, 6.45) is 0.862. The average molecular weight is 409 g/mol. The number of hydrogen-bond acceptors (Lipinski definition) is 5. The molecular formula is C17H19N3O5S2. The fourth-order valence-corrected chi connectivity index (χ4v) is 5.36. The van der Waals surface area contributed by atoms with Crippen LogP contribution < -0.4 is 11.5 Å². The second kappa shape index (κ2) is 7.12. The normalized spacial score (nSPS) is 11.8. The molecule has 0 spiro atoms. The van der Waals surface area contributed by atoms with Crippen molar-refractivity contribution in [3.63, 3.8) is 0 Å². The molecule has 1 amide bonds. The highest BCUT2D eigenvalue weighted by Gasteiger charge is 2.28. The monoisotopic (exact) mass is 409 g/mol. The van der Waals surface area contributed by atoms with E-state index in [4.69, 9.17) is 11.5 Å². The number of sulfone groups is 2. The maximum Gasteiger partial charge on any atom is 0.280 e. The van der Waals surface area contributed by atoms with E-state index >= 15 is 0 Å². The maximum absolute atomic E-state index is 13.0. The van der Waals surface area contributed by atoms with Gasteiger partial charge in [-0.25, -0.2) is 16.8 Å². The van der Waals surface area contributed by atoms with Gasteiger partial charge in [-0.1, -0.05) is 17.7 Å². The third kappa shape index (κ3) is 4.34. The maximum atomic E-state index is 13.0. The minimum absolute atomic E-state index is 0.0549. The molecule has 10 heteroatoms. The second-order valence-electron chi connectivity index (χ2n) is 6.04. The Kier molecular flexibility index (Phi) is 5.43. The van der Waals surface area contributed by atoms with Gasteiger partial charge in [0.2, 0.25) is 9.84 Å². The number of aliphatic imine (C=N–C) groups is 1. The summed E-state index contributed by atoms with van der Waals surface area (Å²) in [5.74, 6) is -1.35. The largest absolute Gasteiger partial charge is 0.370 e. The molecule has 0 aliphatic heterocycles. The van der Waals surface area contributed by atoms with Crippen LogP contribution in [0.4, 0.5) is 0 Å². The predicted molar refractivity (Wildman–Crippen MR) is 101 cm³/mol. The Hall–Kier alpha value is -2.72. The molecule has 0 bridgehead atoms. The van der Waals surface area contributed by atoms with Gasteiger partial charge in [0.1, 0.15) is 0 Å². The number of nitrogens with two attached hydrogens (primary N) is 2. The molecule has 144 valence electrons. The van der Waals surface area contributed by atoms with Gasteiger partial charge in [0.15, 0.2) is 15.8 Å². The highest BCUT2D eigenvalue weighted by Crippen LogP contribution is 2.30. The van der Waals surface area contributed by atoms with Crippen molar-refractivity contribution in [3.8, 4) is 0 Å². The van der Waals surface area contributed by atoms with Gasteiger partial charge < -0.3 is 11.5 Å². The number of benzene rings is 2. The zero-order valence-electron chi connectivity index (χ0n) is 14.9. The van der Waals surface area contributed by atoms with E-state index in [1.54, 1.807) is 19.1 Å². The minimum Gasteiger partial charge on any atom is -0.370 e. The number of carbonyl (C=O) groups excluding carboxylic acids is 1. The quantitative estimate of drug-likeness (QED) is 0.564. The Labute approximate surface area is 157 Å². The first kappa shape index (κ1) is 20.6. The van der Waals surface area contributed by atoms with Crippen LogP contribution in [0.25, 0.3) is 0 Å². The SMILES string of the molecule is Cc1ccc(S(=O)(=O)c2cc(C)c(C(=O)N=C(N)N)cc2S(C)(=O)=O)cc1. The van der Waals surface area contributed by atoms with Crippen molar-refractivity contribution in [2.24, 2.45) is 16.5 Å². The summed E-state index contributed by atoms with van der Waals surface area (Å²) in [6, 6.07) is 8.13. The third-order valence-corrected chi connectivity index (χ3v) is 6.85. The number of amides is 1. The van der Waals surface area contributed by atoms with Crippen LogP contribution in [0.15, 0.2) is 56.1 Å². The standard InChI is InChI=1S/C17H19N3O5S2/c1-10-4-6-12(7-5-10)27(24,25)15-8-11(2)13(16(21)20-17(18)19)9-14(15)26(3,22)23/h4-9H,1-3H3,(H4,18,19,20,21). The van der Waals surface area contributed by atoms with E-state index in [1.807, 2.05) is 0 Å². The number of guanidine groups is 1. The zero-order chi connectivity index (χ0) is 20.6. The predicted octanol–water partition coefficient (Wildman–Crippen LogP) is 0.953. The fourth-order valence-electron chi connectivity index (χ4n) is 2.41. The molecule has 2 rings (SSSR count). The molecule has 0 aromatic heterocycles. The van der Waals surface area contributed by atoms with E-state index in [2.05, 4.69) is 4.99 Å². The van der Waals surface area contributed by atoms with E-state index in [-0.39, 0.29) is 16.0 Å². The van der Waals surface area contributed by atoms with Crippen molar-refractivity contribution < 1.29 is 21.6 Å². The van der Waals surface area contributed by atoms with Crippen molar-refractivity contribution in [1.29, 1.82) is 0 Å². The number of aryl methyl sites for hydroxylation is 2. The molecule has 0 unspecified atom stereocenters. The Morgan fingerprint density at radius 3 is 1.96 bits per heavy atom. The lowest BCUT2D eigenvalue weighted by atomic mass is 10.1. The molecule has 0 fully saturated rings. The Bertz CT molecular complexity index is 1150. The van der Waals surface area contributed by atoms with E-state index in [0.29, 0.717) is 0 Å². The summed E-state index contributed by atoms with van der Waals surface area (Å²) in [5, 5.41) is 0. The number of carbonyl (C=O) groups is 1. The lowest BCUT2D eigenvalue weighted by molar-refractivity contribution is 0.100. The van der Waals surface area contributed by atoms with Crippen LogP contribution in [0.5, 0.6) is 0 Å². The van der Waals surface area contributed by atoms with Crippen LogP contribution in [0, 0.1) is 13.8 Å². The molecule has 0 aliphatic rings. The Balaban J connectivity index is 2.81. The van der Waals surface area contributed by atoms with Crippen LogP contribution in [0.3, 0.4) is 0 Å². The van der Waals surface area contributed by atoms with Crippen molar-refractivity contribution in [3.05, 3.63) is 53.1 Å². The first-order valence-corrected chi connectivity index (χ1v) is 11.0. The average Bonchev–Trinajstić information content (AvgIpc) is 2.53. The van der Waals surface area contributed by atoms with Crippen LogP contribution in [-0.4, -0.2) is 35.0 Å². The van der Waals surface area contributed by atoms with Crippen molar-refractivity contribution in [2.75, 3.05) is 6.26 Å². The molecule has 0 saturated heterocycles. The molecule has 27 heavy (non-hydrogen) atoms. The van der Waals surface area contributed by atoms with Gasteiger partial charge in [-0.05, 0) is 43.7 Å². The van der Waals surface area contributed by atoms with Crippen LogP contribution in [0.2, 0.25) is 0 Å². The molecule has 0 atom stereocenters. The molecule has 2 aromatic rings. The number of rotatable bonds is 4. The summed E-state index contributed by atoms with van der Waals surface area (Å²) in [6.45, 7) is 3.27. The number of hydrogen-bond donors (Lipinski definition) is 2. The first-order chi connectivity index (χ1) is 12.3. The first-order valence-electron chi connectivity index (χ1n) is 7.64. The lowest BCUT2D eigenvalue weighted by Gasteiger charge is -2.13. The smallest absolute Gasteiger partial charge is 0.280 e. The minimum atomic E-state index is -4.13. The molecule has 0 aliphatic carbocycles. The van der Waals surface area contributed by atoms with E-state index < -0.39 is 41.3 Å². The van der Waals surface area contributed by atoms with Gasteiger partial charge in [0.25, 0.3) is 5.91 Å². The lowest BCUT2D eigenvalue weighted by Crippen LogP contribution is -2.24. The van der Waals surface area contributed by atoms with E-state index in [1.165, 1.54) is 19.1 Å². The van der Waals surface area contributed by atoms with Gasteiger partial charge in [0, 0.05) is 11.8 Å². The summed E-state index contributed by atoms with van der Waals surface area (Å²) in [4.78, 5) is 14.6. The highest BCUT2D eigenvalue weighted by atomic mass is 32.2. The van der Waals surface area contributed by atoms with Crippen LogP contribution in [0.1, 0.15) is 21.5 Å². The molecule has 0 saturated carbocycles. The van der Waals surface area contributed by atoms with Gasteiger partial charge >= 0.3 is 0 Å². The van der Waals surface area contributed by atoms with E-state index in [9.17, 15) is 21.6 Å². The number of nitrogens with zero attached hydrogens (tertiary/aromatic N) is 1. The molecule has 0 heterocycles. The topological polar surface area (TPSA) is 150 Å². The summed E-state index contributed by atoms with van der Waals surface area (Å²) in [5.41, 5.74) is 11.3. The van der Waals surface area contributed by atoms with Crippen molar-refractivity contribution >= 4 is 31.5 Å². The molecule has 2 aromatic carbocycles. The van der Waals surface area contributed by atoms with Crippen LogP contribution in [-0.2, 0) is 19.7 Å². The fraction of sp³-hybridized carbons (Fsp3) is 0.176. The van der Waals surface area contributed by atoms with Gasteiger partial charge in [-0.3, -0.25) is 4.79 Å². The van der Waals surface area contributed by atoms with Gasteiger partial charge in [-0.2, -0.15) is 4.99 Å². The summed E-state index contributed by atoms with van der Waals surface area (Å²) in [7, 11) is -8.11. The van der Waals surface area contributed by atoms with Crippen molar-refractivity contribution in [2.45, 2.75) is 28.5 Å². The second-order valence-corrected chi connectivity index (χ2v) is 9.95. The molecule has 8 nitrogen and oxygen atoms in total. The van der Waals surface area contributed by atoms with Crippen molar-refractivity contribution in [1.82, 2.24) is 0 Å². The van der Waals surface area contributed by atoms with Crippen LogP contribution >= 0.6 is 0 Å². The summed E-state index contributed by atoms with van der Waals surface area (Å²) < 4.78 is 50.5. The van der Waals surface area contributed by atoms with Gasteiger partial charge in [0.05, 0.1) is 14.7 Å². The third-order valence-electron chi connectivity index (χ3n) is 3.77. The molecular weight excluding hydrogens is 390 g/mol. The molecule has 4 N–H and O–H groups in total. The molecule has 0 radical (unpaired) electrons. The Morgan fingerprint density at radius 2 is 1.48 bits per heavy atom. The Morgan fingerprint density at radius 1 is 0.926 bits per heavy atom. The summed E-state index contributed by atoms with van der Waals surface area (Å²) >= 11 is 0. The van der Waals surface area contributed by atoms with E-state index in [0.717, 1.165) is 24.0 Å².